The maximum Gasteiger partial charge on any atom is 0.260 e. The fourth-order valence-electron chi connectivity index (χ4n) is 1.76. The number of para-hydroxylation sites is 1. The average Bonchev–Trinajstić information content (AvgIpc) is 2.46. The molecule has 1 amide bonds. The van der Waals surface area contributed by atoms with Crippen molar-refractivity contribution in [2.45, 2.75) is 0 Å². The van der Waals surface area contributed by atoms with Crippen molar-refractivity contribution in [2.24, 2.45) is 5.84 Å². The molecule has 0 saturated carbocycles. The number of carbonyl (C=O) groups excluding carboxylic acids is 1. The first-order valence-electron chi connectivity index (χ1n) is 5.72. The molecule has 0 saturated heterocycles. The standard InChI is InChI=1S/C14H14FN3O.ClH/c1-18(11-8-6-10(15)7-9-11)14(19)12-4-2-3-5-13(12)17-16;/h2-9,17H,16H2,1H3;1H. The summed E-state index contributed by atoms with van der Waals surface area (Å²) in [6.45, 7) is 0. The molecule has 0 bridgehead atoms. The highest BCUT2D eigenvalue weighted by molar-refractivity contribution is 6.09. The Labute approximate surface area is 122 Å². The van der Waals surface area contributed by atoms with Gasteiger partial charge in [-0.1, -0.05) is 12.1 Å². The van der Waals surface area contributed by atoms with Gasteiger partial charge in [0.2, 0.25) is 0 Å². The van der Waals surface area contributed by atoms with Crippen molar-refractivity contribution in [3.63, 3.8) is 0 Å². The Balaban J connectivity index is 0.00000200. The van der Waals surface area contributed by atoms with Crippen LogP contribution in [0.15, 0.2) is 48.5 Å². The number of benzene rings is 2. The molecule has 20 heavy (non-hydrogen) atoms. The SMILES string of the molecule is CN(C(=O)c1ccccc1NN)c1ccc(F)cc1.Cl. The molecule has 0 aromatic heterocycles. The summed E-state index contributed by atoms with van der Waals surface area (Å²) < 4.78 is 12.9. The molecule has 6 heteroatoms. The van der Waals surface area contributed by atoms with Crippen LogP contribution in [0, 0.1) is 5.82 Å². The summed E-state index contributed by atoms with van der Waals surface area (Å²) in [5, 5.41) is 0. The Morgan fingerprint density at radius 1 is 1.15 bits per heavy atom. The predicted molar refractivity (Wildman–Crippen MR) is 80.6 cm³/mol. The zero-order valence-electron chi connectivity index (χ0n) is 10.8. The Hall–Kier alpha value is -2.11. The second-order valence-corrected chi connectivity index (χ2v) is 4.03. The number of halogens is 2. The lowest BCUT2D eigenvalue weighted by molar-refractivity contribution is 0.0993. The van der Waals surface area contributed by atoms with Crippen LogP contribution in [-0.4, -0.2) is 13.0 Å². The van der Waals surface area contributed by atoms with Crippen LogP contribution in [0.2, 0.25) is 0 Å². The lowest BCUT2D eigenvalue weighted by Gasteiger charge is -2.19. The smallest absolute Gasteiger partial charge is 0.260 e. The van der Waals surface area contributed by atoms with Crippen molar-refractivity contribution in [1.29, 1.82) is 0 Å². The highest BCUT2D eigenvalue weighted by atomic mass is 35.5. The van der Waals surface area contributed by atoms with Gasteiger partial charge < -0.3 is 10.3 Å². The number of nitrogens with two attached hydrogens (primary N) is 1. The van der Waals surface area contributed by atoms with E-state index in [1.165, 1.54) is 17.0 Å². The molecule has 2 aromatic carbocycles. The highest BCUT2D eigenvalue weighted by Crippen LogP contribution is 2.20. The van der Waals surface area contributed by atoms with E-state index < -0.39 is 0 Å². The lowest BCUT2D eigenvalue weighted by Crippen LogP contribution is -2.27. The van der Waals surface area contributed by atoms with Crippen LogP contribution in [0.3, 0.4) is 0 Å². The molecule has 0 aliphatic heterocycles. The van der Waals surface area contributed by atoms with Crippen LogP contribution in [0.1, 0.15) is 10.4 Å². The van der Waals surface area contributed by atoms with E-state index in [1.807, 2.05) is 0 Å². The molecular weight excluding hydrogens is 281 g/mol. The number of hydrogen-bond acceptors (Lipinski definition) is 3. The minimum Gasteiger partial charge on any atom is -0.323 e. The van der Waals surface area contributed by atoms with Crippen LogP contribution >= 0.6 is 12.4 Å². The largest absolute Gasteiger partial charge is 0.323 e. The van der Waals surface area contributed by atoms with Gasteiger partial charge in [-0.3, -0.25) is 10.6 Å². The normalized spacial score (nSPS) is 9.55. The first kappa shape index (κ1) is 15.9. The maximum absolute atomic E-state index is 12.9. The van der Waals surface area contributed by atoms with Crippen molar-refractivity contribution in [2.75, 3.05) is 17.4 Å². The van der Waals surface area contributed by atoms with Crippen LogP contribution in [0.5, 0.6) is 0 Å². The van der Waals surface area contributed by atoms with Gasteiger partial charge in [-0.15, -0.1) is 12.4 Å². The van der Waals surface area contributed by atoms with Crippen LogP contribution in [-0.2, 0) is 0 Å². The second kappa shape index (κ2) is 6.88. The van der Waals surface area contributed by atoms with E-state index in [0.29, 0.717) is 16.9 Å². The van der Waals surface area contributed by atoms with Gasteiger partial charge in [-0.05, 0) is 36.4 Å². The van der Waals surface area contributed by atoms with Crippen LogP contribution in [0.4, 0.5) is 15.8 Å². The number of carbonyl (C=O) groups is 1. The Kier molecular flexibility index (Phi) is 5.49. The first-order valence-corrected chi connectivity index (χ1v) is 5.72. The molecule has 4 nitrogen and oxygen atoms in total. The highest BCUT2D eigenvalue weighted by Gasteiger charge is 2.16. The van der Waals surface area contributed by atoms with Crippen molar-refractivity contribution in [1.82, 2.24) is 0 Å². The molecule has 3 N–H and O–H groups in total. The number of nitrogens with one attached hydrogen (secondary N) is 1. The Morgan fingerprint density at radius 2 is 1.75 bits per heavy atom. The van der Waals surface area contributed by atoms with E-state index in [0.717, 1.165) is 0 Å². The van der Waals surface area contributed by atoms with E-state index in [-0.39, 0.29) is 24.1 Å². The summed E-state index contributed by atoms with van der Waals surface area (Å²) in [4.78, 5) is 13.8. The van der Waals surface area contributed by atoms with Gasteiger partial charge in [-0.2, -0.15) is 0 Å². The van der Waals surface area contributed by atoms with E-state index in [4.69, 9.17) is 5.84 Å². The number of hydrogen-bond donors (Lipinski definition) is 2. The third-order valence-electron chi connectivity index (χ3n) is 2.83. The van der Waals surface area contributed by atoms with E-state index in [2.05, 4.69) is 5.43 Å². The number of nitrogens with zero attached hydrogens (tertiary/aromatic N) is 1. The molecule has 2 aromatic rings. The van der Waals surface area contributed by atoms with Crippen molar-refractivity contribution in [3.8, 4) is 0 Å². The van der Waals surface area contributed by atoms with Crippen molar-refractivity contribution in [3.05, 3.63) is 59.9 Å². The molecular formula is C14H15ClFN3O. The molecule has 0 radical (unpaired) electrons. The number of amides is 1. The molecule has 106 valence electrons. The summed E-state index contributed by atoms with van der Waals surface area (Å²) in [6, 6.07) is 12.6. The zero-order chi connectivity index (χ0) is 13.8. The Morgan fingerprint density at radius 3 is 2.35 bits per heavy atom. The van der Waals surface area contributed by atoms with Crippen molar-refractivity contribution < 1.29 is 9.18 Å². The molecule has 0 unspecified atom stereocenters. The molecule has 0 fully saturated rings. The Bertz CT molecular complexity index is 589. The maximum atomic E-state index is 12.9. The number of anilines is 2. The molecule has 0 spiro atoms. The summed E-state index contributed by atoms with van der Waals surface area (Å²) >= 11 is 0. The topological polar surface area (TPSA) is 58.4 Å². The zero-order valence-corrected chi connectivity index (χ0v) is 11.7. The van der Waals surface area contributed by atoms with Gasteiger partial charge in [0.1, 0.15) is 5.82 Å². The van der Waals surface area contributed by atoms with Crippen LogP contribution in [0.25, 0.3) is 0 Å². The van der Waals surface area contributed by atoms with E-state index in [1.54, 1.807) is 43.4 Å². The second-order valence-electron chi connectivity index (χ2n) is 4.03. The quantitative estimate of drug-likeness (QED) is 0.676. The van der Waals surface area contributed by atoms with Gasteiger partial charge in [-0.25, -0.2) is 4.39 Å². The minimum atomic E-state index is -0.339. The van der Waals surface area contributed by atoms with Gasteiger partial charge in [0.05, 0.1) is 11.3 Å². The molecule has 2 rings (SSSR count). The van der Waals surface area contributed by atoms with Gasteiger partial charge >= 0.3 is 0 Å². The predicted octanol–water partition coefficient (Wildman–Crippen LogP) is 2.81. The third kappa shape index (κ3) is 3.26. The first-order chi connectivity index (χ1) is 9.13. The lowest BCUT2D eigenvalue weighted by atomic mass is 10.1. The number of nitrogen functional groups attached to an aromatic ring is 1. The van der Waals surface area contributed by atoms with Gasteiger partial charge in [0.15, 0.2) is 0 Å². The average molecular weight is 296 g/mol. The summed E-state index contributed by atoms with van der Waals surface area (Å²) in [5.74, 6) is 4.82. The molecule has 0 heterocycles. The summed E-state index contributed by atoms with van der Waals surface area (Å²) in [6.07, 6.45) is 0. The fourth-order valence-corrected chi connectivity index (χ4v) is 1.76. The minimum absolute atomic E-state index is 0. The summed E-state index contributed by atoms with van der Waals surface area (Å²) in [7, 11) is 1.63. The number of hydrazine groups is 1. The van der Waals surface area contributed by atoms with Crippen LogP contribution < -0.4 is 16.2 Å². The fraction of sp³-hybridized carbons (Fsp3) is 0.0714. The summed E-state index contributed by atoms with van der Waals surface area (Å²) in [5.41, 5.74) is 4.09. The molecule has 0 aliphatic carbocycles. The van der Waals surface area contributed by atoms with Crippen molar-refractivity contribution >= 4 is 29.7 Å². The van der Waals surface area contributed by atoms with E-state index >= 15 is 0 Å². The molecule has 0 atom stereocenters. The molecule has 0 aliphatic rings. The van der Waals surface area contributed by atoms with Gasteiger partial charge in [0, 0.05) is 12.7 Å². The van der Waals surface area contributed by atoms with E-state index in [9.17, 15) is 9.18 Å². The van der Waals surface area contributed by atoms with Gasteiger partial charge in [0.25, 0.3) is 5.91 Å². The number of rotatable bonds is 3. The monoisotopic (exact) mass is 295 g/mol. The third-order valence-corrected chi connectivity index (χ3v) is 2.83.